The van der Waals surface area contributed by atoms with Crippen LogP contribution in [0.3, 0.4) is 0 Å². The van der Waals surface area contributed by atoms with E-state index in [9.17, 15) is 19.5 Å². The summed E-state index contributed by atoms with van der Waals surface area (Å²) in [5, 5.41) is 13.1. The van der Waals surface area contributed by atoms with Crippen molar-refractivity contribution in [2.24, 2.45) is 35.3 Å². The van der Waals surface area contributed by atoms with Crippen LogP contribution in [0.1, 0.15) is 59.8 Å². The van der Waals surface area contributed by atoms with E-state index in [2.05, 4.69) is 12.2 Å². The zero-order chi connectivity index (χ0) is 20.7. The molecule has 2 amide bonds. The molecule has 5 rings (SSSR count). The second-order valence-electron chi connectivity index (χ2n) is 8.64. The van der Waals surface area contributed by atoms with Gasteiger partial charge in [-0.05, 0) is 55.4 Å². The molecule has 156 valence electrons. The minimum atomic E-state index is -0.924. The zero-order valence-corrected chi connectivity index (χ0v) is 17.5. The second kappa shape index (κ2) is 7.94. The van der Waals surface area contributed by atoms with Gasteiger partial charge in [0.05, 0.1) is 17.4 Å². The summed E-state index contributed by atoms with van der Waals surface area (Å²) in [6.07, 6.45) is 10.6. The molecule has 1 aromatic heterocycles. The molecule has 4 aliphatic carbocycles. The van der Waals surface area contributed by atoms with E-state index < -0.39 is 23.7 Å². The van der Waals surface area contributed by atoms with Crippen LogP contribution in [0.25, 0.3) is 0 Å². The summed E-state index contributed by atoms with van der Waals surface area (Å²) in [4.78, 5) is 38.4. The molecule has 0 aliphatic heterocycles. The van der Waals surface area contributed by atoms with Crippen LogP contribution in [-0.2, 0) is 22.4 Å². The van der Waals surface area contributed by atoms with Crippen molar-refractivity contribution in [1.82, 2.24) is 0 Å². The van der Waals surface area contributed by atoms with E-state index in [0.29, 0.717) is 16.5 Å². The number of carboxylic acid groups (broad SMARTS) is 1. The lowest BCUT2D eigenvalue weighted by atomic mass is 9.62. The molecule has 6 nitrogen and oxygen atoms in total. The number of hydrogen-bond donors (Lipinski definition) is 3. The number of primary amides is 1. The topological polar surface area (TPSA) is 109 Å². The summed E-state index contributed by atoms with van der Waals surface area (Å²) in [6.45, 7) is 2.18. The number of fused-ring (bicyclic) bond motifs is 3. The van der Waals surface area contributed by atoms with Crippen LogP contribution in [0.4, 0.5) is 5.00 Å². The number of amides is 2. The first-order chi connectivity index (χ1) is 13.9. The molecular formula is C22H28N2O4S. The van der Waals surface area contributed by atoms with Gasteiger partial charge in [-0.3, -0.25) is 14.4 Å². The van der Waals surface area contributed by atoms with Gasteiger partial charge in [-0.1, -0.05) is 31.9 Å². The van der Waals surface area contributed by atoms with Gasteiger partial charge in [-0.2, -0.15) is 0 Å². The average Bonchev–Trinajstić information content (AvgIpc) is 3.05. The van der Waals surface area contributed by atoms with Crippen LogP contribution in [0.15, 0.2) is 12.2 Å². The van der Waals surface area contributed by atoms with E-state index in [1.165, 1.54) is 11.3 Å². The van der Waals surface area contributed by atoms with Crippen molar-refractivity contribution in [3.8, 4) is 0 Å². The molecule has 0 saturated heterocycles. The monoisotopic (exact) mass is 416 g/mol. The van der Waals surface area contributed by atoms with E-state index in [1.807, 2.05) is 12.2 Å². The first-order valence-electron chi connectivity index (χ1n) is 10.6. The maximum Gasteiger partial charge on any atom is 0.307 e. The summed E-state index contributed by atoms with van der Waals surface area (Å²) in [5.74, 6) is -2.63. The molecule has 4 N–H and O–H groups in total. The van der Waals surface area contributed by atoms with Crippen LogP contribution in [0, 0.1) is 29.6 Å². The van der Waals surface area contributed by atoms with Gasteiger partial charge in [0, 0.05) is 4.88 Å². The molecule has 2 bridgehead atoms. The molecule has 5 atom stereocenters. The number of hydrogen-bond acceptors (Lipinski definition) is 4. The van der Waals surface area contributed by atoms with Crippen LogP contribution in [-0.4, -0.2) is 22.9 Å². The standard InChI is InChI=1S/C22H28N2O4S/c1-2-3-11-4-9-14-15(10-11)29-21(18(14)19(23)25)24-20(26)16-12-5-7-13(8-6-12)17(16)22(27)28/h5,7,11-13,16-17H,2-4,6,8-10H2,1H3,(H2,23,25)(H,24,26)(H,27,28)/t11-,12+,13+,16-,17-/m1/s1. The Labute approximate surface area is 174 Å². The van der Waals surface area contributed by atoms with Crippen molar-refractivity contribution < 1.29 is 19.5 Å². The van der Waals surface area contributed by atoms with E-state index >= 15 is 0 Å². The molecule has 0 unspecified atom stereocenters. The Balaban J connectivity index is 1.61. The zero-order valence-electron chi connectivity index (χ0n) is 16.6. The lowest BCUT2D eigenvalue weighted by Crippen LogP contribution is -2.47. The number of thiophene rings is 1. The SMILES string of the molecule is CCC[C@@H]1CCc2c(sc(NC(=O)[C@H]3[C@H](C(=O)O)[C@H]4C=C[C@H]3CC4)c2C(N)=O)C1. The lowest BCUT2D eigenvalue weighted by molar-refractivity contribution is -0.151. The van der Waals surface area contributed by atoms with Gasteiger partial charge in [-0.25, -0.2) is 0 Å². The number of anilines is 1. The molecule has 1 heterocycles. The largest absolute Gasteiger partial charge is 0.481 e. The number of aliphatic carboxylic acids is 1. The van der Waals surface area contributed by atoms with Gasteiger partial charge in [0.2, 0.25) is 5.91 Å². The Kier molecular flexibility index (Phi) is 5.51. The first kappa shape index (κ1) is 20.1. The van der Waals surface area contributed by atoms with Crippen LogP contribution < -0.4 is 11.1 Å². The van der Waals surface area contributed by atoms with Crippen molar-refractivity contribution >= 4 is 34.1 Å². The fourth-order valence-electron chi connectivity index (χ4n) is 5.54. The summed E-state index contributed by atoms with van der Waals surface area (Å²) in [6, 6.07) is 0. The maximum atomic E-state index is 13.2. The van der Waals surface area contributed by atoms with Gasteiger partial charge in [0.25, 0.3) is 5.91 Å². The maximum absolute atomic E-state index is 13.2. The summed E-state index contributed by atoms with van der Waals surface area (Å²) in [7, 11) is 0. The van der Waals surface area contributed by atoms with E-state index in [-0.39, 0.29) is 17.7 Å². The smallest absolute Gasteiger partial charge is 0.307 e. The number of rotatable bonds is 6. The minimum Gasteiger partial charge on any atom is -0.481 e. The second-order valence-corrected chi connectivity index (χ2v) is 9.74. The van der Waals surface area contributed by atoms with E-state index in [0.717, 1.165) is 55.4 Å². The first-order valence-corrected chi connectivity index (χ1v) is 11.4. The molecule has 0 radical (unpaired) electrons. The molecular weight excluding hydrogens is 388 g/mol. The van der Waals surface area contributed by atoms with Crippen molar-refractivity contribution in [3.63, 3.8) is 0 Å². The minimum absolute atomic E-state index is 0.0679. The van der Waals surface area contributed by atoms with Crippen LogP contribution in [0.5, 0.6) is 0 Å². The highest BCUT2D eigenvalue weighted by molar-refractivity contribution is 7.17. The Morgan fingerprint density at radius 3 is 2.45 bits per heavy atom. The molecule has 7 heteroatoms. The number of carbonyl (C=O) groups excluding carboxylic acids is 2. The van der Waals surface area contributed by atoms with Gasteiger partial charge in [-0.15, -0.1) is 11.3 Å². The third-order valence-corrected chi connectivity index (χ3v) is 8.05. The molecule has 1 saturated carbocycles. The fourth-order valence-corrected chi connectivity index (χ4v) is 6.91. The fraction of sp³-hybridized carbons (Fsp3) is 0.591. The number of carbonyl (C=O) groups is 3. The summed E-state index contributed by atoms with van der Waals surface area (Å²) < 4.78 is 0. The predicted octanol–water partition coefficient (Wildman–Crippen LogP) is 3.60. The Morgan fingerprint density at radius 2 is 1.86 bits per heavy atom. The average molecular weight is 417 g/mol. The van der Waals surface area contributed by atoms with Crippen molar-refractivity contribution in [3.05, 3.63) is 28.2 Å². The summed E-state index contributed by atoms with van der Waals surface area (Å²) in [5.41, 5.74) is 7.08. The van der Waals surface area contributed by atoms with E-state index in [1.54, 1.807) is 0 Å². The van der Waals surface area contributed by atoms with Gasteiger partial charge in [0.15, 0.2) is 0 Å². The van der Waals surface area contributed by atoms with Crippen LogP contribution >= 0.6 is 11.3 Å². The van der Waals surface area contributed by atoms with Crippen molar-refractivity contribution in [1.29, 1.82) is 0 Å². The Morgan fingerprint density at radius 1 is 1.17 bits per heavy atom. The number of nitrogens with one attached hydrogen (secondary N) is 1. The predicted molar refractivity (Wildman–Crippen MR) is 112 cm³/mol. The number of allylic oxidation sites excluding steroid dienone is 2. The molecule has 1 aromatic rings. The van der Waals surface area contributed by atoms with Gasteiger partial charge >= 0.3 is 5.97 Å². The Hall–Kier alpha value is -2.15. The molecule has 1 fully saturated rings. The van der Waals surface area contributed by atoms with Crippen molar-refractivity contribution in [2.75, 3.05) is 5.32 Å². The normalized spacial score (nSPS) is 30.0. The highest BCUT2D eigenvalue weighted by Gasteiger charge is 2.48. The highest BCUT2D eigenvalue weighted by atomic mass is 32.1. The third-order valence-electron chi connectivity index (χ3n) is 6.88. The number of carboxylic acids is 1. The van der Waals surface area contributed by atoms with Gasteiger partial charge < -0.3 is 16.2 Å². The Bertz CT molecular complexity index is 874. The molecule has 0 spiro atoms. The van der Waals surface area contributed by atoms with Crippen molar-refractivity contribution in [2.45, 2.75) is 51.9 Å². The molecule has 4 aliphatic rings. The molecule has 0 aromatic carbocycles. The lowest BCUT2D eigenvalue weighted by Gasteiger charge is -2.41. The highest BCUT2D eigenvalue weighted by Crippen LogP contribution is 2.46. The van der Waals surface area contributed by atoms with Gasteiger partial charge in [0.1, 0.15) is 5.00 Å². The van der Waals surface area contributed by atoms with E-state index in [4.69, 9.17) is 5.73 Å². The summed E-state index contributed by atoms with van der Waals surface area (Å²) >= 11 is 1.44. The quantitative estimate of drug-likeness (QED) is 0.615. The number of nitrogens with two attached hydrogens (primary N) is 1. The van der Waals surface area contributed by atoms with Crippen LogP contribution in [0.2, 0.25) is 0 Å². The molecule has 29 heavy (non-hydrogen) atoms. The third kappa shape index (κ3) is 3.61.